The number of fused-ring (bicyclic) bond motifs is 3. The first-order valence-electron chi connectivity index (χ1n) is 31.0. The number of hydrogen-bond donors (Lipinski definition) is 0. The van der Waals surface area contributed by atoms with Crippen molar-refractivity contribution in [2.75, 3.05) is 0 Å². The number of aryl methyl sites for hydroxylation is 1. The second kappa shape index (κ2) is 27.6. The predicted molar refractivity (Wildman–Crippen MR) is 341 cm³/mol. The molecule has 9 aromatic carbocycles. The molecule has 0 fully saturated rings. The van der Waals surface area contributed by atoms with Gasteiger partial charge in [-0.2, -0.15) is 15.8 Å². The summed E-state index contributed by atoms with van der Waals surface area (Å²) in [6.07, 6.45) is 8.74. The van der Waals surface area contributed by atoms with Crippen LogP contribution in [0.5, 0.6) is 103 Å². The summed E-state index contributed by atoms with van der Waals surface area (Å²) < 4.78 is 74.1. The Labute approximate surface area is 529 Å². The van der Waals surface area contributed by atoms with Crippen LogP contribution in [0.2, 0.25) is 0 Å². The maximum Gasteiger partial charge on any atom is 0.241 e. The largest absolute Gasteiger partial charge is 0.456 e. The van der Waals surface area contributed by atoms with Gasteiger partial charge in [0.05, 0.1) is 0 Å². The summed E-state index contributed by atoms with van der Waals surface area (Å²) in [5.74, 6) is 8.88. The highest BCUT2D eigenvalue weighted by atomic mass is 16.7. The van der Waals surface area contributed by atoms with E-state index in [4.69, 9.17) is 56.8 Å². The smallest absolute Gasteiger partial charge is 0.241 e. The van der Waals surface area contributed by atoms with E-state index in [1.807, 2.05) is 91.0 Å². The average Bonchev–Trinajstić information content (AvgIpc) is 1.99. The first kappa shape index (κ1) is 60.3. The summed E-state index contributed by atoms with van der Waals surface area (Å²) >= 11 is 0. The lowest BCUT2D eigenvalue weighted by Gasteiger charge is -2.32. The number of nitriles is 3. The molecule has 0 bridgehead atoms. The summed E-state index contributed by atoms with van der Waals surface area (Å²) in [4.78, 5) is 0. The van der Waals surface area contributed by atoms with E-state index < -0.39 is 5.41 Å². The second-order valence-corrected chi connectivity index (χ2v) is 22.6. The third-order valence-corrected chi connectivity index (χ3v) is 16.2. The van der Waals surface area contributed by atoms with Crippen molar-refractivity contribution in [3.05, 3.63) is 215 Å². The lowest BCUT2D eigenvalue weighted by molar-refractivity contribution is 0.0396. The number of benzene rings is 9. The number of hydrogen-bond acceptors (Lipinski definition) is 15. The van der Waals surface area contributed by atoms with Gasteiger partial charge in [0.25, 0.3) is 0 Å². The van der Waals surface area contributed by atoms with E-state index >= 15 is 0 Å². The van der Waals surface area contributed by atoms with Crippen LogP contribution < -0.4 is 56.8 Å². The third-order valence-electron chi connectivity index (χ3n) is 16.2. The number of unbranched alkanes of at least 4 members (excludes halogenated alkanes) is 3. The Morgan fingerprint density at radius 2 is 0.626 bits per heavy atom. The van der Waals surface area contributed by atoms with E-state index in [0.717, 1.165) is 74.5 Å². The molecular formula is C76H67N3O12. The number of ether oxygens (including phenoxy) is 12. The Bertz CT molecular complexity index is 4010. The molecule has 458 valence electrons. The first-order valence-corrected chi connectivity index (χ1v) is 31.0. The fraction of sp³-hybridized carbons (Fsp3) is 0.250. The molecule has 3 unspecified atom stereocenters. The van der Waals surface area contributed by atoms with Crippen LogP contribution in [0.1, 0.15) is 125 Å². The molecule has 0 N–H and O–H groups in total. The predicted octanol–water partition coefficient (Wildman–Crippen LogP) is 19.9. The molecule has 3 heterocycles. The molecule has 3 atom stereocenters. The summed E-state index contributed by atoms with van der Waals surface area (Å²) in [6.45, 7) is 8.59. The Kier molecular flexibility index (Phi) is 18.3. The Morgan fingerprint density at radius 3 is 0.923 bits per heavy atom. The van der Waals surface area contributed by atoms with Gasteiger partial charge in [-0.15, -0.1) is 0 Å². The van der Waals surface area contributed by atoms with Crippen molar-refractivity contribution >= 4 is 0 Å². The van der Waals surface area contributed by atoms with Gasteiger partial charge in [0, 0.05) is 42.9 Å². The molecule has 0 saturated carbocycles. The van der Waals surface area contributed by atoms with Crippen molar-refractivity contribution in [1.82, 2.24) is 0 Å². The Hall–Kier alpha value is -11.0. The van der Waals surface area contributed by atoms with Gasteiger partial charge < -0.3 is 56.8 Å². The van der Waals surface area contributed by atoms with Gasteiger partial charge in [0.2, 0.25) is 18.9 Å². The Balaban J connectivity index is 0.766. The van der Waals surface area contributed by atoms with Crippen molar-refractivity contribution in [3.63, 3.8) is 0 Å². The molecule has 15 nitrogen and oxygen atoms in total. The van der Waals surface area contributed by atoms with Gasteiger partial charge in [-0.3, -0.25) is 0 Å². The van der Waals surface area contributed by atoms with Crippen LogP contribution >= 0.6 is 0 Å². The zero-order chi connectivity index (χ0) is 62.7. The summed E-state index contributed by atoms with van der Waals surface area (Å²) in [5.41, 5.74) is 3.20. The van der Waals surface area contributed by atoms with Crippen LogP contribution in [0.4, 0.5) is 0 Å². The van der Waals surface area contributed by atoms with Gasteiger partial charge in [0.1, 0.15) is 104 Å². The van der Waals surface area contributed by atoms with Gasteiger partial charge in [-0.05, 0) is 158 Å². The van der Waals surface area contributed by atoms with E-state index in [2.05, 4.69) is 45.9 Å². The fourth-order valence-corrected chi connectivity index (χ4v) is 11.1. The molecule has 3 aliphatic rings. The Morgan fingerprint density at radius 1 is 0.352 bits per heavy atom. The SMILES string of the molecule is CCCCC1Oc2ccc(Oc3cccc(Oc4ccc(CCC(C)(c5ccc(Oc6cccc(Oc7ccc8c(c7)OC(CCCC)O8)c6C#N)cc5)c5ccc(Oc6cccc(Oc7ccc8c(c7)OC(CCCC)O8)c6C#N)cc5)cc4)c3C#N)cc2O1. The van der Waals surface area contributed by atoms with Crippen LogP contribution in [0.25, 0.3) is 0 Å². The fourth-order valence-electron chi connectivity index (χ4n) is 11.1. The maximum absolute atomic E-state index is 10.5. The summed E-state index contributed by atoms with van der Waals surface area (Å²) in [7, 11) is 0. The average molecular weight is 1210 g/mol. The topological polar surface area (TPSA) is 182 Å². The van der Waals surface area contributed by atoms with Crippen LogP contribution in [0.3, 0.4) is 0 Å². The van der Waals surface area contributed by atoms with Crippen molar-refractivity contribution in [2.45, 2.75) is 123 Å². The molecule has 0 amide bonds. The third kappa shape index (κ3) is 13.9. The van der Waals surface area contributed by atoms with E-state index in [-0.39, 0.29) is 35.6 Å². The van der Waals surface area contributed by atoms with E-state index in [1.165, 1.54) is 0 Å². The lowest BCUT2D eigenvalue weighted by Crippen LogP contribution is -2.24. The standard InChI is InChI=1S/C76H67N3O12/c1-5-8-20-73-86-67-38-35-55(43-70(67)89-73)83-64-17-11-14-61(58(64)46-77)80-52-29-23-49(24-30-52)41-42-76(4,50-25-31-53(32-26-50)81-62-15-12-18-65(59(62)47-78)84-56-36-39-68-71(44-56)90-74(87-68)21-9-6-2)51-27-33-54(34-28-51)82-63-16-13-19-66(60(63)48-79)85-57-37-40-69-72(45-57)91-75(88-69)22-10-7-3/h11-19,23-40,43-45,73-75H,5-10,20-22,41-42H2,1-4H3. The molecule has 0 aliphatic carbocycles. The molecule has 0 spiro atoms. The minimum Gasteiger partial charge on any atom is -0.456 e. The van der Waals surface area contributed by atoms with Gasteiger partial charge in [0.15, 0.2) is 34.5 Å². The maximum atomic E-state index is 10.5. The lowest BCUT2D eigenvalue weighted by atomic mass is 9.72. The van der Waals surface area contributed by atoms with Gasteiger partial charge in [-0.1, -0.05) is 102 Å². The number of rotatable bonds is 26. The molecule has 15 heteroatoms. The van der Waals surface area contributed by atoms with Crippen LogP contribution in [0.15, 0.2) is 182 Å². The molecular weight excluding hydrogens is 1150 g/mol. The molecule has 91 heavy (non-hydrogen) atoms. The summed E-state index contributed by atoms with van der Waals surface area (Å²) in [6, 6.07) is 62.4. The number of nitrogens with zero attached hydrogens (tertiary/aromatic N) is 3. The van der Waals surface area contributed by atoms with Crippen molar-refractivity contribution in [2.24, 2.45) is 0 Å². The molecule has 0 radical (unpaired) electrons. The molecule has 0 saturated heterocycles. The van der Waals surface area contributed by atoms with E-state index in [1.54, 1.807) is 91.0 Å². The minimum atomic E-state index is -0.582. The minimum absolute atomic E-state index is 0.233. The van der Waals surface area contributed by atoms with Gasteiger partial charge >= 0.3 is 0 Å². The van der Waals surface area contributed by atoms with Crippen LogP contribution in [-0.4, -0.2) is 18.9 Å². The molecule has 12 rings (SSSR count). The van der Waals surface area contributed by atoms with Crippen LogP contribution in [0, 0.1) is 34.0 Å². The van der Waals surface area contributed by atoms with Crippen molar-refractivity contribution < 1.29 is 56.8 Å². The highest BCUT2D eigenvalue weighted by Crippen LogP contribution is 2.46. The highest BCUT2D eigenvalue weighted by molar-refractivity contribution is 5.60. The van der Waals surface area contributed by atoms with E-state index in [0.29, 0.717) is 116 Å². The van der Waals surface area contributed by atoms with Gasteiger partial charge in [-0.25, -0.2) is 0 Å². The second-order valence-electron chi connectivity index (χ2n) is 22.6. The molecule has 0 aromatic heterocycles. The monoisotopic (exact) mass is 1210 g/mol. The normalized spacial score (nSPS) is 15.3. The zero-order valence-electron chi connectivity index (χ0n) is 51.1. The summed E-state index contributed by atoms with van der Waals surface area (Å²) in [5, 5.41) is 31.4. The van der Waals surface area contributed by atoms with E-state index in [9.17, 15) is 15.8 Å². The van der Waals surface area contributed by atoms with Crippen molar-refractivity contribution in [3.8, 4) is 122 Å². The first-order chi connectivity index (χ1) is 44.6. The molecule has 3 aliphatic heterocycles. The van der Waals surface area contributed by atoms with Crippen molar-refractivity contribution in [1.29, 1.82) is 15.8 Å². The highest BCUT2D eigenvalue weighted by Gasteiger charge is 2.31. The van der Waals surface area contributed by atoms with Crippen LogP contribution in [-0.2, 0) is 11.8 Å². The molecule has 9 aromatic rings. The zero-order valence-corrected chi connectivity index (χ0v) is 51.1. The quantitative estimate of drug-likeness (QED) is 0.0499.